The summed E-state index contributed by atoms with van der Waals surface area (Å²) in [6.45, 7) is 2.46. The zero-order valence-electron chi connectivity index (χ0n) is 23.2. The van der Waals surface area contributed by atoms with Gasteiger partial charge in [-0.25, -0.2) is 8.78 Å². The van der Waals surface area contributed by atoms with E-state index >= 15 is 4.39 Å². The van der Waals surface area contributed by atoms with E-state index < -0.39 is 23.4 Å². The van der Waals surface area contributed by atoms with Gasteiger partial charge in [-0.05, 0) is 79.9 Å². The average Bonchev–Trinajstić information content (AvgIpc) is 3.02. The number of hydrogen-bond acceptors (Lipinski definition) is 7. The van der Waals surface area contributed by atoms with Crippen LogP contribution in [-0.4, -0.2) is 43.6 Å². The molecule has 2 heterocycles. The number of aromatic nitrogens is 1. The Bertz CT molecular complexity index is 1650. The number of nitrogens with zero attached hydrogens (tertiary/aromatic N) is 1. The average molecular weight is 611 g/mol. The lowest BCUT2D eigenvalue weighted by Gasteiger charge is -2.23. The molecule has 0 spiro atoms. The second-order valence-corrected chi connectivity index (χ2v) is 10.3. The number of ether oxygens (including phenoxy) is 3. The summed E-state index contributed by atoms with van der Waals surface area (Å²) < 4.78 is 45.9. The smallest absolute Gasteiger partial charge is 0.313 e. The van der Waals surface area contributed by atoms with E-state index in [0.717, 1.165) is 38.1 Å². The lowest BCUT2D eigenvalue weighted by atomic mass is 9.99. The fraction of sp³-hybridized carbons (Fsp3) is 0.258. The van der Waals surface area contributed by atoms with Crippen molar-refractivity contribution in [2.24, 2.45) is 5.92 Å². The van der Waals surface area contributed by atoms with Crippen LogP contribution in [0.3, 0.4) is 0 Å². The molecule has 0 aliphatic carbocycles. The molecule has 1 aromatic heterocycles. The first kappa shape index (κ1) is 30.0. The van der Waals surface area contributed by atoms with E-state index in [9.17, 15) is 14.0 Å². The van der Waals surface area contributed by atoms with Gasteiger partial charge in [0.25, 0.3) is 0 Å². The molecule has 4 aromatic rings. The summed E-state index contributed by atoms with van der Waals surface area (Å²) in [6, 6.07) is 12.9. The number of piperidine rings is 1. The molecule has 224 valence electrons. The number of carbonyl (C=O) groups is 2. The minimum Gasteiger partial charge on any atom is -0.491 e. The second-order valence-electron chi connectivity index (χ2n) is 9.94. The Morgan fingerprint density at radius 3 is 2.51 bits per heavy atom. The Balaban J connectivity index is 1.24. The second kappa shape index (κ2) is 13.7. The first-order valence-corrected chi connectivity index (χ1v) is 14.0. The van der Waals surface area contributed by atoms with Crippen LogP contribution >= 0.6 is 11.6 Å². The predicted molar refractivity (Wildman–Crippen MR) is 158 cm³/mol. The number of hydrogen-bond donors (Lipinski definition) is 3. The van der Waals surface area contributed by atoms with Gasteiger partial charge in [0.05, 0.1) is 18.7 Å². The molecule has 0 saturated carbocycles. The number of amides is 2. The number of anilines is 1. The van der Waals surface area contributed by atoms with E-state index in [-0.39, 0.29) is 23.0 Å². The van der Waals surface area contributed by atoms with Gasteiger partial charge >= 0.3 is 11.8 Å². The monoisotopic (exact) mass is 610 g/mol. The molecule has 43 heavy (non-hydrogen) atoms. The van der Waals surface area contributed by atoms with Crippen LogP contribution in [0.1, 0.15) is 18.4 Å². The number of nitrogens with one attached hydrogen (secondary N) is 3. The summed E-state index contributed by atoms with van der Waals surface area (Å²) in [7, 11) is 1.53. The molecule has 5 rings (SSSR count). The van der Waals surface area contributed by atoms with Gasteiger partial charge in [-0.2, -0.15) is 0 Å². The molecule has 1 aliphatic rings. The van der Waals surface area contributed by atoms with Crippen molar-refractivity contribution in [3.63, 3.8) is 0 Å². The van der Waals surface area contributed by atoms with Crippen molar-refractivity contribution >= 4 is 40.0 Å². The van der Waals surface area contributed by atoms with E-state index in [1.54, 1.807) is 18.2 Å². The zero-order chi connectivity index (χ0) is 30.3. The summed E-state index contributed by atoms with van der Waals surface area (Å²) in [4.78, 5) is 29.0. The van der Waals surface area contributed by atoms with Crippen molar-refractivity contribution in [3.05, 3.63) is 83.0 Å². The highest BCUT2D eigenvalue weighted by Crippen LogP contribution is 2.40. The van der Waals surface area contributed by atoms with Gasteiger partial charge < -0.3 is 30.2 Å². The van der Waals surface area contributed by atoms with E-state index in [0.29, 0.717) is 46.2 Å². The van der Waals surface area contributed by atoms with Crippen LogP contribution in [0.15, 0.2) is 60.8 Å². The summed E-state index contributed by atoms with van der Waals surface area (Å²) in [5.41, 5.74) is 1.05. The third kappa shape index (κ3) is 7.30. The molecular formula is C31H29ClF2N4O5. The zero-order valence-corrected chi connectivity index (χ0v) is 24.0. The van der Waals surface area contributed by atoms with Crippen molar-refractivity contribution < 1.29 is 32.6 Å². The number of pyridine rings is 1. The van der Waals surface area contributed by atoms with E-state index in [4.69, 9.17) is 25.8 Å². The van der Waals surface area contributed by atoms with Crippen LogP contribution in [0.25, 0.3) is 10.9 Å². The number of carbonyl (C=O) groups excluding carboxylic acids is 2. The van der Waals surface area contributed by atoms with Gasteiger partial charge in [0.2, 0.25) is 0 Å². The first-order chi connectivity index (χ1) is 20.8. The van der Waals surface area contributed by atoms with Crippen LogP contribution in [0, 0.1) is 17.6 Å². The van der Waals surface area contributed by atoms with Gasteiger partial charge in [0.1, 0.15) is 17.1 Å². The molecule has 0 atom stereocenters. The molecule has 0 radical (unpaired) electrons. The van der Waals surface area contributed by atoms with Crippen molar-refractivity contribution in [1.29, 1.82) is 0 Å². The Morgan fingerprint density at radius 1 is 0.977 bits per heavy atom. The maximum Gasteiger partial charge on any atom is 0.313 e. The predicted octanol–water partition coefficient (Wildman–Crippen LogP) is 5.60. The highest BCUT2D eigenvalue weighted by Gasteiger charge is 2.19. The van der Waals surface area contributed by atoms with Crippen molar-refractivity contribution in [1.82, 2.24) is 15.6 Å². The number of halogens is 3. The van der Waals surface area contributed by atoms with Gasteiger partial charge in [0.15, 0.2) is 23.1 Å². The van der Waals surface area contributed by atoms with E-state index in [2.05, 4.69) is 20.9 Å². The Labute approximate surface area is 251 Å². The number of methoxy groups -OCH3 is 1. The molecule has 3 N–H and O–H groups in total. The van der Waals surface area contributed by atoms with Crippen molar-refractivity contribution in [2.75, 3.05) is 32.1 Å². The SMILES string of the molecule is COc1c(OCC2CCNCC2)ccc2c(Oc3ccc(NC(=O)C(=O)NCc4ccc(F)c(Cl)c4)cc3F)ccnc12. The third-order valence-electron chi connectivity index (χ3n) is 6.98. The molecule has 0 unspecified atom stereocenters. The molecule has 1 aliphatic heterocycles. The number of fused-ring (bicyclic) bond motifs is 1. The Kier molecular flexibility index (Phi) is 9.53. The van der Waals surface area contributed by atoms with E-state index in [1.165, 1.54) is 37.6 Å². The molecule has 3 aromatic carbocycles. The molecule has 9 nitrogen and oxygen atoms in total. The van der Waals surface area contributed by atoms with Gasteiger partial charge in [-0.15, -0.1) is 0 Å². The minimum atomic E-state index is -1.01. The standard InChI is InChI=1S/C31H29ClF2N4O5/c1-41-29-27(42-17-18-8-11-35-12-9-18)7-4-21-25(10-13-36-28(21)29)43-26-6-3-20(15-24(26)34)38-31(40)30(39)37-16-19-2-5-23(33)22(32)14-19/h2-7,10,13-15,18,35H,8-9,11-12,16-17H2,1H3,(H,37,39)(H,38,40). The fourth-order valence-electron chi connectivity index (χ4n) is 4.68. The summed E-state index contributed by atoms with van der Waals surface area (Å²) in [6.07, 6.45) is 3.61. The lowest BCUT2D eigenvalue weighted by molar-refractivity contribution is -0.136. The van der Waals surface area contributed by atoms with Gasteiger partial charge in [-0.1, -0.05) is 17.7 Å². The fourth-order valence-corrected chi connectivity index (χ4v) is 4.89. The number of benzene rings is 3. The Hall–Kier alpha value is -4.48. The third-order valence-corrected chi connectivity index (χ3v) is 7.27. The molecule has 1 saturated heterocycles. The first-order valence-electron chi connectivity index (χ1n) is 13.6. The van der Waals surface area contributed by atoms with Gasteiger partial charge in [-0.3, -0.25) is 14.6 Å². The van der Waals surface area contributed by atoms with Crippen LogP contribution in [0.5, 0.6) is 23.0 Å². The minimum absolute atomic E-state index is 0.0478. The maximum absolute atomic E-state index is 15.0. The van der Waals surface area contributed by atoms with Gasteiger partial charge in [0, 0.05) is 29.9 Å². The topological polar surface area (TPSA) is 111 Å². The highest BCUT2D eigenvalue weighted by molar-refractivity contribution is 6.39. The van der Waals surface area contributed by atoms with Crippen molar-refractivity contribution in [2.45, 2.75) is 19.4 Å². The van der Waals surface area contributed by atoms with Crippen LogP contribution in [-0.2, 0) is 16.1 Å². The van der Waals surface area contributed by atoms with Crippen LogP contribution < -0.4 is 30.2 Å². The highest BCUT2D eigenvalue weighted by atomic mass is 35.5. The Morgan fingerprint density at radius 2 is 1.77 bits per heavy atom. The van der Waals surface area contributed by atoms with Crippen molar-refractivity contribution in [3.8, 4) is 23.0 Å². The summed E-state index contributed by atoms with van der Waals surface area (Å²) in [5.74, 6) is -1.62. The normalized spacial score (nSPS) is 13.4. The largest absolute Gasteiger partial charge is 0.491 e. The summed E-state index contributed by atoms with van der Waals surface area (Å²) in [5, 5.41) is 8.57. The molecule has 12 heteroatoms. The molecule has 1 fully saturated rings. The molecule has 0 bridgehead atoms. The summed E-state index contributed by atoms with van der Waals surface area (Å²) >= 11 is 5.73. The molecule has 2 amide bonds. The van der Waals surface area contributed by atoms with Crippen LogP contribution in [0.4, 0.5) is 14.5 Å². The van der Waals surface area contributed by atoms with E-state index in [1.807, 2.05) is 0 Å². The number of rotatable bonds is 9. The quantitative estimate of drug-likeness (QED) is 0.212. The molecular weight excluding hydrogens is 582 g/mol. The lowest BCUT2D eigenvalue weighted by Crippen LogP contribution is -2.35. The maximum atomic E-state index is 15.0. The van der Waals surface area contributed by atoms with Crippen LogP contribution in [0.2, 0.25) is 5.02 Å².